The third-order valence-electron chi connectivity index (χ3n) is 9.51. The molecule has 4 fully saturated rings. The lowest BCUT2D eigenvalue weighted by molar-refractivity contribution is -0.137. The highest BCUT2D eigenvalue weighted by Crippen LogP contribution is 2.65. The van der Waals surface area contributed by atoms with Gasteiger partial charge in [-0.05, 0) is 80.5 Å². The Balaban J connectivity index is 1.21. The van der Waals surface area contributed by atoms with Gasteiger partial charge in [0.05, 0.1) is 11.9 Å². The minimum Gasteiger partial charge on any atom is -0.446 e. The second-order valence-electron chi connectivity index (χ2n) is 10.9. The Morgan fingerprint density at radius 1 is 1.17 bits per heavy atom. The first-order valence-electron chi connectivity index (χ1n) is 12.0. The van der Waals surface area contributed by atoms with E-state index in [1.54, 1.807) is 6.20 Å². The highest BCUT2D eigenvalue weighted by atomic mass is 16.6. The molecule has 1 aromatic rings. The Bertz CT molecular complexity index is 845. The second-order valence-corrected chi connectivity index (χ2v) is 10.9. The van der Waals surface area contributed by atoms with Crippen molar-refractivity contribution in [1.82, 2.24) is 4.98 Å². The number of carbonyl (C=O) groups is 1. The zero-order valence-electron chi connectivity index (χ0n) is 18.8. The average molecular weight is 413 g/mol. The first-order chi connectivity index (χ1) is 14.4. The van der Waals surface area contributed by atoms with E-state index in [1.807, 2.05) is 6.92 Å². The van der Waals surface area contributed by atoms with E-state index in [0.717, 1.165) is 49.7 Å². The zero-order valence-corrected chi connectivity index (χ0v) is 18.8. The minimum absolute atomic E-state index is 0.0124. The van der Waals surface area contributed by atoms with Crippen LogP contribution in [0, 0.1) is 41.4 Å². The van der Waals surface area contributed by atoms with Crippen molar-refractivity contribution in [3.05, 3.63) is 17.8 Å². The van der Waals surface area contributed by atoms with Gasteiger partial charge in [-0.15, -0.1) is 0 Å². The number of oxime groups is 1. The molecule has 4 saturated carbocycles. The lowest BCUT2D eigenvalue weighted by atomic mass is 9.45. The summed E-state index contributed by atoms with van der Waals surface area (Å²) >= 11 is 0. The van der Waals surface area contributed by atoms with E-state index < -0.39 is 0 Å². The van der Waals surface area contributed by atoms with Crippen LogP contribution in [-0.4, -0.2) is 23.1 Å². The molecule has 164 valence electrons. The molecule has 4 aliphatic carbocycles. The molecule has 5 rings (SSSR count). The number of ketones is 1. The molecule has 5 nitrogen and oxygen atoms in total. The van der Waals surface area contributed by atoms with Crippen LogP contribution in [0.1, 0.15) is 83.3 Å². The Hall–Kier alpha value is -1.65. The van der Waals surface area contributed by atoms with Crippen molar-refractivity contribution in [3.8, 4) is 0 Å². The fourth-order valence-corrected chi connectivity index (χ4v) is 7.72. The van der Waals surface area contributed by atoms with E-state index in [1.165, 1.54) is 31.4 Å². The van der Waals surface area contributed by atoms with Crippen LogP contribution >= 0.6 is 0 Å². The normalized spacial score (nSPS) is 42.0. The predicted molar refractivity (Wildman–Crippen MR) is 115 cm³/mol. The number of hydrogen-bond acceptors (Lipinski definition) is 5. The monoisotopic (exact) mass is 412 g/mol. The summed E-state index contributed by atoms with van der Waals surface area (Å²) < 4.78 is 5.49. The number of hydrogen-bond donors (Lipinski definition) is 0. The summed E-state index contributed by atoms with van der Waals surface area (Å²) in [6.07, 6.45) is 12.8. The summed E-state index contributed by atoms with van der Waals surface area (Å²) in [5, 5.41) is 4.52. The van der Waals surface area contributed by atoms with Crippen molar-refractivity contribution < 1.29 is 14.0 Å². The zero-order chi connectivity index (χ0) is 20.9. The highest BCUT2D eigenvalue weighted by Gasteiger charge is 2.60. The number of rotatable bonds is 4. The van der Waals surface area contributed by atoms with Gasteiger partial charge in [-0.3, -0.25) is 4.79 Å². The summed E-state index contributed by atoms with van der Waals surface area (Å²) in [5.41, 5.74) is 1.63. The van der Waals surface area contributed by atoms with Gasteiger partial charge in [0.25, 0.3) is 0 Å². The van der Waals surface area contributed by atoms with Crippen LogP contribution in [0.15, 0.2) is 15.8 Å². The third kappa shape index (κ3) is 3.23. The Kier molecular flexibility index (Phi) is 5.06. The standard InChI is InChI=1S/C25H36N2O3/c1-16-26-15-19(30-16)10-13-29-27-18-8-11-24(2)17(14-18)4-5-20-21-6-7-23(28)25(21,3)12-9-22(20)24/h15,17,20-22H,4-14H2,1-3H3. The Morgan fingerprint density at radius 3 is 2.83 bits per heavy atom. The molecule has 5 heteroatoms. The van der Waals surface area contributed by atoms with E-state index >= 15 is 0 Å². The molecule has 0 spiro atoms. The van der Waals surface area contributed by atoms with Crippen molar-refractivity contribution in [1.29, 1.82) is 0 Å². The fourth-order valence-electron chi connectivity index (χ4n) is 7.72. The molecule has 1 aromatic heterocycles. The summed E-state index contributed by atoms with van der Waals surface area (Å²) in [6.45, 7) is 7.23. The lowest BCUT2D eigenvalue weighted by Crippen LogP contribution is -2.53. The number of Topliss-reactive ketones (excluding diaryl/α,β-unsaturated/α-hetero) is 1. The smallest absolute Gasteiger partial charge is 0.191 e. The van der Waals surface area contributed by atoms with Gasteiger partial charge in [-0.25, -0.2) is 4.98 Å². The van der Waals surface area contributed by atoms with E-state index in [4.69, 9.17) is 9.25 Å². The number of aromatic nitrogens is 1. The van der Waals surface area contributed by atoms with Crippen LogP contribution in [0.4, 0.5) is 0 Å². The quantitative estimate of drug-likeness (QED) is 0.483. The van der Waals surface area contributed by atoms with Crippen LogP contribution in [0.2, 0.25) is 0 Å². The summed E-state index contributed by atoms with van der Waals surface area (Å²) in [5.74, 6) is 5.01. The first kappa shape index (κ1) is 20.3. The molecule has 0 aromatic carbocycles. The van der Waals surface area contributed by atoms with Gasteiger partial charge >= 0.3 is 0 Å². The van der Waals surface area contributed by atoms with Gasteiger partial charge in [0.2, 0.25) is 0 Å². The van der Waals surface area contributed by atoms with Gasteiger partial charge in [-0.2, -0.15) is 0 Å². The summed E-state index contributed by atoms with van der Waals surface area (Å²) in [6, 6.07) is 0. The van der Waals surface area contributed by atoms with Gasteiger partial charge in [0.15, 0.2) is 5.89 Å². The number of carbonyl (C=O) groups excluding carboxylic acids is 1. The average Bonchev–Trinajstić information content (AvgIpc) is 3.28. The number of aryl methyl sites for hydroxylation is 1. The SMILES string of the molecule is Cc1ncc(CCON=C2CCC3(C)C(CCC4C5CCC(=O)C5(C)CCC43)C2)o1. The fraction of sp³-hybridized carbons (Fsp3) is 0.800. The van der Waals surface area contributed by atoms with Crippen LogP contribution < -0.4 is 0 Å². The van der Waals surface area contributed by atoms with Crippen LogP contribution in [0.5, 0.6) is 0 Å². The largest absolute Gasteiger partial charge is 0.446 e. The molecule has 30 heavy (non-hydrogen) atoms. The van der Waals surface area contributed by atoms with E-state index in [-0.39, 0.29) is 5.41 Å². The molecule has 6 unspecified atom stereocenters. The van der Waals surface area contributed by atoms with Crippen LogP contribution in [-0.2, 0) is 16.1 Å². The molecule has 4 aliphatic rings. The molecule has 0 amide bonds. The van der Waals surface area contributed by atoms with Crippen LogP contribution in [0.25, 0.3) is 0 Å². The maximum Gasteiger partial charge on any atom is 0.191 e. The van der Waals surface area contributed by atoms with E-state index in [9.17, 15) is 4.79 Å². The van der Waals surface area contributed by atoms with Crippen molar-refractivity contribution in [2.45, 2.75) is 85.0 Å². The molecule has 0 bridgehead atoms. The maximum atomic E-state index is 12.6. The minimum atomic E-state index is -0.0124. The van der Waals surface area contributed by atoms with E-state index in [0.29, 0.717) is 42.0 Å². The van der Waals surface area contributed by atoms with Gasteiger partial charge < -0.3 is 9.25 Å². The molecule has 0 N–H and O–H groups in total. The van der Waals surface area contributed by atoms with Crippen molar-refractivity contribution >= 4 is 11.5 Å². The number of nitrogens with zero attached hydrogens (tertiary/aromatic N) is 2. The Morgan fingerprint density at radius 2 is 2.03 bits per heavy atom. The third-order valence-corrected chi connectivity index (χ3v) is 9.51. The van der Waals surface area contributed by atoms with Crippen molar-refractivity contribution in [2.24, 2.45) is 39.7 Å². The molecule has 0 radical (unpaired) electrons. The van der Waals surface area contributed by atoms with Gasteiger partial charge in [0.1, 0.15) is 18.2 Å². The van der Waals surface area contributed by atoms with E-state index in [2.05, 4.69) is 24.0 Å². The molecular weight excluding hydrogens is 376 g/mol. The molecular formula is C25H36N2O3. The summed E-state index contributed by atoms with van der Waals surface area (Å²) in [4.78, 5) is 22.4. The van der Waals surface area contributed by atoms with Crippen molar-refractivity contribution in [3.63, 3.8) is 0 Å². The van der Waals surface area contributed by atoms with Crippen molar-refractivity contribution in [2.75, 3.05) is 6.61 Å². The first-order valence-corrected chi connectivity index (χ1v) is 12.0. The summed E-state index contributed by atoms with van der Waals surface area (Å²) in [7, 11) is 0. The topological polar surface area (TPSA) is 64.7 Å². The number of fused-ring (bicyclic) bond motifs is 5. The maximum absolute atomic E-state index is 12.6. The molecule has 0 saturated heterocycles. The molecule has 1 heterocycles. The highest BCUT2D eigenvalue weighted by molar-refractivity contribution is 5.87. The lowest BCUT2D eigenvalue weighted by Gasteiger charge is -2.59. The second kappa shape index (κ2) is 7.49. The number of oxazole rings is 1. The predicted octanol–water partition coefficient (Wildman–Crippen LogP) is 5.51. The van der Waals surface area contributed by atoms with Crippen LogP contribution in [0.3, 0.4) is 0 Å². The molecule has 6 atom stereocenters. The van der Waals surface area contributed by atoms with Gasteiger partial charge in [0, 0.05) is 25.2 Å². The molecule has 0 aliphatic heterocycles. The van der Waals surface area contributed by atoms with Gasteiger partial charge in [-0.1, -0.05) is 19.0 Å². The Labute approximate surface area is 180 Å².